The third kappa shape index (κ3) is 5.46. The van der Waals surface area contributed by atoms with Crippen molar-refractivity contribution in [1.29, 1.82) is 0 Å². The van der Waals surface area contributed by atoms with E-state index in [0.717, 1.165) is 29.4 Å². The summed E-state index contributed by atoms with van der Waals surface area (Å²) in [5, 5.41) is 6.57. The Morgan fingerprint density at radius 2 is 1.83 bits per heavy atom. The van der Waals surface area contributed by atoms with E-state index in [1.54, 1.807) is 20.4 Å². The molecule has 1 aromatic heterocycles. The smallest absolute Gasteiger partial charge is 0.213 e. The molecule has 24 heavy (non-hydrogen) atoms. The minimum atomic E-state index is 0.552. The molecular weight excluding hydrogens is 304 g/mol. The van der Waals surface area contributed by atoms with Crippen LogP contribution in [0.3, 0.4) is 0 Å². The number of aliphatic imine (C=N–C) groups is 1. The maximum Gasteiger partial charge on any atom is 0.213 e. The Labute approximate surface area is 142 Å². The summed E-state index contributed by atoms with van der Waals surface area (Å²) in [6, 6.07) is 11.8. The Morgan fingerprint density at radius 3 is 2.50 bits per heavy atom. The minimum absolute atomic E-state index is 0.552. The molecule has 0 spiro atoms. The SMILES string of the molecule is CCNC(=NCc1ccnc(OC)c1)NCc1ccc(OC)cc1. The van der Waals surface area contributed by atoms with Gasteiger partial charge in [0.2, 0.25) is 5.88 Å². The zero-order valence-electron chi connectivity index (χ0n) is 14.4. The van der Waals surface area contributed by atoms with Gasteiger partial charge in [-0.2, -0.15) is 0 Å². The first-order chi connectivity index (χ1) is 11.7. The molecule has 0 atom stereocenters. The molecule has 6 nitrogen and oxygen atoms in total. The van der Waals surface area contributed by atoms with Gasteiger partial charge in [0.05, 0.1) is 20.8 Å². The summed E-state index contributed by atoms with van der Waals surface area (Å²) in [5.41, 5.74) is 2.20. The van der Waals surface area contributed by atoms with Crippen molar-refractivity contribution in [3.63, 3.8) is 0 Å². The molecule has 0 aliphatic rings. The van der Waals surface area contributed by atoms with Crippen molar-refractivity contribution in [3.05, 3.63) is 53.7 Å². The summed E-state index contributed by atoms with van der Waals surface area (Å²) in [7, 11) is 3.27. The van der Waals surface area contributed by atoms with E-state index in [1.807, 2.05) is 43.3 Å². The van der Waals surface area contributed by atoms with Crippen LogP contribution in [0.5, 0.6) is 11.6 Å². The van der Waals surface area contributed by atoms with Crippen LogP contribution < -0.4 is 20.1 Å². The molecule has 0 saturated carbocycles. The number of hydrogen-bond donors (Lipinski definition) is 2. The molecule has 128 valence electrons. The molecule has 0 aliphatic heterocycles. The minimum Gasteiger partial charge on any atom is -0.497 e. The van der Waals surface area contributed by atoms with E-state index >= 15 is 0 Å². The number of nitrogens with zero attached hydrogens (tertiary/aromatic N) is 2. The van der Waals surface area contributed by atoms with Crippen LogP contribution in [0, 0.1) is 0 Å². The highest BCUT2D eigenvalue weighted by Crippen LogP contribution is 2.11. The third-order valence-corrected chi connectivity index (χ3v) is 3.39. The zero-order valence-corrected chi connectivity index (χ0v) is 14.4. The van der Waals surface area contributed by atoms with Crippen molar-refractivity contribution >= 4 is 5.96 Å². The lowest BCUT2D eigenvalue weighted by Gasteiger charge is -2.12. The van der Waals surface area contributed by atoms with Gasteiger partial charge in [-0.05, 0) is 36.2 Å². The van der Waals surface area contributed by atoms with E-state index in [-0.39, 0.29) is 0 Å². The van der Waals surface area contributed by atoms with Gasteiger partial charge in [0.25, 0.3) is 0 Å². The summed E-state index contributed by atoms with van der Waals surface area (Å²) in [5.74, 6) is 2.22. The van der Waals surface area contributed by atoms with Crippen LogP contribution in [0.15, 0.2) is 47.6 Å². The quantitative estimate of drug-likeness (QED) is 0.603. The monoisotopic (exact) mass is 328 g/mol. The van der Waals surface area contributed by atoms with Gasteiger partial charge in [-0.15, -0.1) is 0 Å². The van der Waals surface area contributed by atoms with Crippen LogP contribution >= 0.6 is 0 Å². The molecule has 0 saturated heterocycles. The number of methoxy groups -OCH3 is 2. The van der Waals surface area contributed by atoms with Gasteiger partial charge in [0.1, 0.15) is 5.75 Å². The number of aromatic nitrogens is 1. The van der Waals surface area contributed by atoms with Crippen LogP contribution in [-0.2, 0) is 13.1 Å². The number of rotatable bonds is 7. The average Bonchev–Trinajstić information content (AvgIpc) is 2.64. The van der Waals surface area contributed by atoms with Crippen molar-refractivity contribution in [3.8, 4) is 11.6 Å². The number of nitrogens with one attached hydrogen (secondary N) is 2. The predicted molar refractivity (Wildman–Crippen MR) is 95.4 cm³/mol. The standard InChI is InChI=1S/C18H24N4O2/c1-4-19-18(21-12-14-5-7-16(23-2)8-6-14)22-13-15-9-10-20-17(11-15)24-3/h5-11H,4,12-13H2,1-3H3,(H2,19,21,22). The fraction of sp³-hybridized carbons (Fsp3) is 0.333. The molecule has 2 N–H and O–H groups in total. The number of ether oxygens (including phenoxy) is 2. The van der Waals surface area contributed by atoms with E-state index in [1.165, 1.54) is 0 Å². The van der Waals surface area contributed by atoms with Crippen molar-refractivity contribution < 1.29 is 9.47 Å². The van der Waals surface area contributed by atoms with Crippen molar-refractivity contribution in [1.82, 2.24) is 15.6 Å². The van der Waals surface area contributed by atoms with Gasteiger partial charge < -0.3 is 20.1 Å². The van der Waals surface area contributed by atoms with Gasteiger partial charge in [-0.1, -0.05) is 12.1 Å². The fourth-order valence-electron chi connectivity index (χ4n) is 2.10. The Hall–Kier alpha value is -2.76. The second-order valence-electron chi connectivity index (χ2n) is 5.10. The normalized spacial score (nSPS) is 11.0. The molecule has 0 aliphatic carbocycles. The number of benzene rings is 1. The average molecular weight is 328 g/mol. The van der Waals surface area contributed by atoms with E-state index in [4.69, 9.17) is 9.47 Å². The lowest BCUT2D eigenvalue weighted by Crippen LogP contribution is -2.36. The summed E-state index contributed by atoms with van der Waals surface area (Å²) in [4.78, 5) is 8.69. The Morgan fingerprint density at radius 1 is 1.04 bits per heavy atom. The molecule has 1 heterocycles. The van der Waals surface area contributed by atoms with Crippen molar-refractivity contribution in [2.24, 2.45) is 4.99 Å². The van der Waals surface area contributed by atoms with Crippen LogP contribution in [-0.4, -0.2) is 31.7 Å². The topological polar surface area (TPSA) is 67.8 Å². The molecule has 0 fully saturated rings. The lowest BCUT2D eigenvalue weighted by atomic mass is 10.2. The van der Waals surface area contributed by atoms with Gasteiger partial charge in [-0.25, -0.2) is 9.98 Å². The molecule has 0 radical (unpaired) electrons. The second kappa shape index (κ2) is 9.39. The van der Waals surface area contributed by atoms with E-state index < -0.39 is 0 Å². The van der Waals surface area contributed by atoms with Gasteiger partial charge in [0, 0.05) is 25.4 Å². The van der Waals surface area contributed by atoms with Crippen molar-refractivity contribution in [2.45, 2.75) is 20.0 Å². The molecule has 0 unspecified atom stereocenters. The Balaban J connectivity index is 1.96. The third-order valence-electron chi connectivity index (χ3n) is 3.39. The highest BCUT2D eigenvalue weighted by atomic mass is 16.5. The van der Waals surface area contributed by atoms with Gasteiger partial charge in [0.15, 0.2) is 5.96 Å². The van der Waals surface area contributed by atoms with Crippen LogP contribution in [0.4, 0.5) is 0 Å². The van der Waals surface area contributed by atoms with E-state index in [0.29, 0.717) is 19.0 Å². The van der Waals surface area contributed by atoms with E-state index in [2.05, 4.69) is 20.6 Å². The number of pyridine rings is 1. The first-order valence-electron chi connectivity index (χ1n) is 7.89. The van der Waals surface area contributed by atoms with E-state index in [9.17, 15) is 0 Å². The molecular formula is C18H24N4O2. The summed E-state index contributed by atoms with van der Waals surface area (Å²) in [6.45, 7) is 4.08. The number of hydrogen-bond acceptors (Lipinski definition) is 4. The zero-order chi connectivity index (χ0) is 17.2. The maximum atomic E-state index is 5.17. The highest BCUT2D eigenvalue weighted by Gasteiger charge is 2.01. The maximum absolute atomic E-state index is 5.17. The second-order valence-corrected chi connectivity index (χ2v) is 5.10. The van der Waals surface area contributed by atoms with Gasteiger partial charge in [-0.3, -0.25) is 0 Å². The van der Waals surface area contributed by atoms with Crippen LogP contribution in [0.25, 0.3) is 0 Å². The molecule has 2 aromatic rings. The molecule has 6 heteroatoms. The van der Waals surface area contributed by atoms with Crippen LogP contribution in [0.2, 0.25) is 0 Å². The fourth-order valence-corrected chi connectivity index (χ4v) is 2.10. The number of guanidine groups is 1. The summed E-state index contributed by atoms with van der Waals surface area (Å²) < 4.78 is 10.3. The Bertz CT molecular complexity index is 656. The van der Waals surface area contributed by atoms with Gasteiger partial charge >= 0.3 is 0 Å². The molecule has 0 bridgehead atoms. The molecule has 2 rings (SSSR count). The summed E-state index contributed by atoms with van der Waals surface area (Å²) in [6.07, 6.45) is 1.72. The lowest BCUT2D eigenvalue weighted by molar-refractivity contribution is 0.397. The van der Waals surface area contributed by atoms with Crippen LogP contribution in [0.1, 0.15) is 18.1 Å². The summed E-state index contributed by atoms with van der Waals surface area (Å²) >= 11 is 0. The molecule has 1 aromatic carbocycles. The first kappa shape index (κ1) is 17.6. The largest absolute Gasteiger partial charge is 0.497 e. The van der Waals surface area contributed by atoms with Crippen molar-refractivity contribution in [2.75, 3.05) is 20.8 Å². The Kier molecular flexibility index (Phi) is 6.89. The predicted octanol–water partition coefficient (Wildman–Crippen LogP) is 2.35. The highest BCUT2D eigenvalue weighted by molar-refractivity contribution is 5.79. The molecule has 0 amide bonds. The first-order valence-corrected chi connectivity index (χ1v) is 7.89.